The van der Waals surface area contributed by atoms with Crippen molar-refractivity contribution in [3.63, 3.8) is 0 Å². The number of halogens is 2. The highest BCUT2D eigenvalue weighted by molar-refractivity contribution is 9.10. The van der Waals surface area contributed by atoms with Crippen LogP contribution in [0.25, 0.3) is 0 Å². The van der Waals surface area contributed by atoms with E-state index in [1.54, 1.807) is 27.7 Å². The molecule has 0 bridgehead atoms. The predicted molar refractivity (Wildman–Crippen MR) is 61.1 cm³/mol. The van der Waals surface area contributed by atoms with Gasteiger partial charge in [0.2, 0.25) is 0 Å². The zero-order chi connectivity index (χ0) is 11.3. The Morgan fingerprint density at radius 1 is 1.07 bits per heavy atom. The van der Waals surface area contributed by atoms with Gasteiger partial charge >= 0.3 is 0 Å². The molecular formula is C9H14Br2NO2. The Hall–Kier alpha value is 0.550. The average molecular weight is 328 g/mol. The van der Waals surface area contributed by atoms with E-state index in [1.165, 1.54) is 0 Å². The summed E-state index contributed by atoms with van der Waals surface area (Å²) in [4.78, 5) is 11.0. The van der Waals surface area contributed by atoms with Gasteiger partial charge in [-0.2, -0.15) is 0 Å². The Kier molecular flexibility index (Phi) is 3.19. The number of nitrogens with zero attached hydrogens (tertiary/aromatic N) is 1. The van der Waals surface area contributed by atoms with Crippen LogP contribution in [0.1, 0.15) is 27.7 Å². The molecule has 0 aromatic rings. The molecule has 0 amide bonds. The Bertz CT molecular complexity index is 242. The number of rotatable bonds is 0. The molecule has 0 aliphatic carbocycles. The van der Waals surface area contributed by atoms with Gasteiger partial charge < -0.3 is 0 Å². The third-order valence-corrected chi connectivity index (χ3v) is 5.93. The van der Waals surface area contributed by atoms with Gasteiger partial charge in [-0.1, -0.05) is 31.9 Å². The molecule has 81 valence electrons. The molecule has 0 aromatic carbocycles. The highest BCUT2D eigenvalue weighted by atomic mass is 79.9. The lowest BCUT2D eigenvalue weighted by Gasteiger charge is -2.50. The van der Waals surface area contributed by atoms with Crippen LogP contribution in [0.15, 0.2) is 0 Å². The molecule has 1 saturated heterocycles. The van der Waals surface area contributed by atoms with Crippen molar-refractivity contribution in [3.05, 3.63) is 0 Å². The van der Waals surface area contributed by atoms with Crippen LogP contribution in [0.3, 0.4) is 0 Å². The molecule has 1 rings (SSSR count). The topological polar surface area (TPSA) is 40.2 Å². The Morgan fingerprint density at radius 2 is 1.36 bits per heavy atom. The number of piperidine rings is 1. The van der Waals surface area contributed by atoms with Crippen molar-refractivity contribution in [2.24, 2.45) is 0 Å². The molecule has 1 aliphatic heterocycles. The van der Waals surface area contributed by atoms with Crippen LogP contribution in [0.4, 0.5) is 0 Å². The van der Waals surface area contributed by atoms with Crippen LogP contribution in [0.5, 0.6) is 0 Å². The number of hydroxylamine groups is 2. The van der Waals surface area contributed by atoms with Gasteiger partial charge in [-0.15, -0.1) is 10.3 Å². The summed E-state index contributed by atoms with van der Waals surface area (Å²) in [5, 5.41) is 13.0. The maximum atomic E-state index is 12.0. The molecule has 0 aromatic heterocycles. The molecule has 3 nitrogen and oxygen atoms in total. The fourth-order valence-electron chi connectivity index (χ4n) is 1.77. The van der Waals surface area contributed by atoms with E-state index in [1.807, 2.05) is 0 Å². The van der Waals surface area contributed by atoms with Gasteiger partial charge in [-0.3, -0.25) is 4.79 Å². The second kappa shape index (κ2) is 3.54. The Labute approximate surface area is 101 Å². The SMILES string of the molecule is CC1(C)[C@H](Br)C(=O)[C@H](Br)C(C)(C)N1[O]. The van der Waals surface area contributed by atoms with Crippen molar-refractivity contribution in [1.29, 1.82) is 0 Å². The van der Waals surface area contributed by atoms with Crippen LogP contribution in [0, 0.1) is 0 Å². The van der Waals surface area contributed by atoms with Gasteiger partial charge in [-0.05, 0) is 27.7 Å². The Morgan fingerprint density at radius 3 is 1.64 bits per heavy atom. The van der Waals surface area contributed by atoms with Crippen molar-refractivity contribution in [1.82, 2.24) is 5.06 Å². The van der Waals surface area contributed by atoms with E-state index in [2.05, 4.69) is 31.9 Å². The molecular weight excluding hydrogens is 314 g/mol. The summed E-state index contributed by atoms with van der Waals surface area (Å²) < 4.78 is 0. The normalized spacial score (nSPS) is 37.2. The van der Waals surface area contributed by atoms with Crippen LogP contribution in [-0.4, -0.2) is 31.6 Å². The first kappa shape index (κ1) is 12.6. The summed E-state index contributed by atoms with van der Waals surface area (Å²) in [5.41, 5.74) is -1.41. The third-order valence-electron chi connectivity index (χ3n) is 2.79. The largest absolute Gasteiger partial charge is 0.297 e. The van der Waals surface area contributed by atoms with Gasteiger partial charge in [0.1, 0.15) is 0 Å². The second-order valence-corrected chi connectivity index (χ2v) is 6.56. The summed E-state index contributed by atoms with van der Waals surface area (Å²) in [5.74, 6) is 0.0344. The minimum atomic E-state index is -0.704. The lowest BCUT2D eigenvalue weighted by atomic mass is 9.81. The molecule has 1 radical (unpaired) electrons. The second-order valence-electron chi connectivity index (χ2n) is 4.73. The molecule has 0 saturated carbocycles. The van der Waals surface area contributed by atoms with E-state index in [0.29, 0.717) is 0 Å². The first-order valence-corrected chi connectivity index (χ1v) is 6.26. The monoisotopic (exact) mass is 326 g/mol. The van der Waals surface area contributed by atoms with Crippen LogP contribution in [-0.2, 0) is 10.0 Å². The van der Waals surface area contributed by atoms with Crippen LogP contribution < -0.4 is 0 Å². The Balaban J connectivity index is 3.15. The molecule has 0 N–H and O–H groups in total. The molecule has 0 spiro atoms. The molecule has 14 heavy (non-hydrogen) atoms. The quantitative estimate of drug-likeness (QED) is 0.640. The number of hydrogen-bond acceptors (Lipinski definition) is 2. The summed E-state index contributed by atoms with van der Waals surface area (Å²) >= 11 is 6.57. The van der Waals surface area contributed by atoms with Crippen molar-refractivity contribution < 1.29 is 10.0 Å². The van der Waals surface area contributed by atoms with E-state index >= 15 is 0 Å². The highest BCUT2D eigenvalue weighted by Crippen LogP contribution is 2.41. The standard InChI is InChI=1S/C9H14Br2NO2/c1-8(2)6(10)5(13)7(11)9(3,4)12(8)14/h6-7H,1-4H3/t6-,7+. The average Bonchev–Trinajstić information content (AvgIpc) is 2.11. The van der Waals surface area contributed by atoms with E-state index in [4.69, 9.17) is 0 Å². The number of carbonyl (C=O) groups excluding carboxylic acids is 1. The van der Waals surface area contributed by atoms with Crippen molar-refractivity contribution >= 4 is 37.6 Å². The highest BCUT2D eigenvalue weighted by Gasteiger charge is 2.56. The minimum absolute atomic E-state index is 0.0344. The zero-order valence-electron chi connectivity index (χ0n) is 8.67. The summed E-state index contributed by atoms with van der Waals surface area (Å²) in [6.07, 6.45) is 0. The lowest BCUT2D eigenvalue weighted by Crippen LogP contribution is -2.69. The molecule has 2 atom stereocenters. The van der Waals surface area contributed by atoms with Gasteiger partial charge in [0.25, 0.3) is 0 Å². The number of alkyl halides is 2. The van der Waals surface area contributed by atoms with E-state index < -0.39 is 20.7 Å². The molecule has 5 heteroatoms. The van der Waals surface area contributed by atoms with Crippen LogP contribution in [0.2, 0.25) is 0 Å². The first-order chi connectivity index (χ1) is 6.13. The third kappa shape index (κ3) is 1.58. The number of Topliss-reactive ketones (excluding diaryl/α,β-unsaturated/α-hetero) is 1. The van der Waals surface area contributed by atoms with Gasteiger partial charge in [0, 0.05) is 0 Å². The zero-order valence-corrected chi connectivity index (χ0v) is 11.8. The lowest BCUT2D eigenvalue weighted by molar-refractivity contribution is -0.275. The summed E-state index contributed by atoms with van der Waals surface area (Å²) in [6.45, 7) is 7.10. The molecule has 1 aliphatic rings. The van der Waals surface area contributed by atoms with Crippen LogP contribution >= 0.6 is 31.9 Å². The summed E-state index contributed by atoms with van der Waals surface area (Å²) in [7, 11) is 0. The van der Waals surface area contributed by atoms with Crippen molar-refractivity contribution in [3.8, 4) is 0 Å². The fourth-order valence-corrected chi connectivity index (χ4v) is 3.03. The molecule has 1 fully saturated rings. The van der Waals surface area contributed by atoms with Crippen molar-refractivity contribution in [2.75, 3.05) is 0 Å². The van der Waals surface area contributed by atoms with E-state index in [0.717, 1.165) is 5.06 Å². The number of ketones is 1. The fraction of sp³-hybridized carbons (Fsp3) is 0.889. The number of carbonyl (C=O) groups is 1. The maximum Gasteiger partial charge on any atom is 0.163 e. The minimum Gasteiger partial charge on any atom is -0.297 e. The molecule has 0 unspecified atom stereocenters. The van der Waals surface area contributed by atoms with Gasteiger partial charge in [0.05, 0.1) is 20.7 Å². The van der Waals surface area contributed by atoms with Gasteiger partial charge in [-0.25, -0.2) is 0 Å². The van der Waals surface area contributed by atoms with E-state index in [-0.39, 0.29) is 5.78 Å². The number of hydrogen-bond donors (Lipinski definition) is 0. The first-order valence-electron chi connectivity index (χ1n) is 4.43. The van der Waals surface area contributed by atoms with E-state index in [9.17, 15) is 10.0 Å². The maximum absolute atomic E-state index is 12.0. The smallest absolute Gasteiger partial charge is 0.163 e. The summed E-state index contributed by atoms with van der Waals surface area (Å²) in [6, 6.07) is 0. The molecule has 1 heterocycles. The van der Waals surface area contributed by atoms with Crippen molar-refractivity contribution in [2.45, 2.75) is 48.4 Å². The predicted octanol–water partition coefficient (Wildman–Crippen LogP) is 2.30. The van der Waals surface area contributed by atoms with Gasteiger partial charge in [0.15, 0.2) is 5.78 Å².